The summed E-state index contributed by atoms with van der Waals surface area (Å²) in [5.41, 5.74) is 2.32. The maximum atomic E-state index is 5.87. The molecule has 3 heteroatoms. The lowest BCUT2D eigenvalue weighted by Gasteiger charge is -2.16. The molecule has 1 aromatic carbocycles. The molecule has 0 aromatic heterocycles. The summed E-state index contributed by atoms with van der Waals surface area (Å²) >= 11 is 5.87. The topological polar surface area (TPSA) is 6.25 Å². The third kappa shape index (κ3) is 3.70. The Labute approximate surface area is 102 Å². The second-order valence-electron chi connectivity index (χ2n) is 4.07. The minimum Gasteiger partial charge on any atom is -0.377 e. The Hall–Kier alpha value is -1.28. The molecule has 0 aliphatic heterocycles. The van der Waals surface area contributed by atoms with Gasteiger partial charge in [0.1, 0.15) is 14.1 Å². The van der Waals surface area contributed by atoms with Crippen molar-refractivity contribution in [3.05, 3.63) is 40.9 Å². The van der Waals surface area contributed by atoms with Gasteiger partial charge >= 0.3 is 0 Å². The standard InChI is InChI=1S/C13H18ClN2/c1-15(2)10-9-13(16(3)4)11-5-7-12(14)8-6-11/h5-10H,1-4H3/q+1. The van der Waals surface area contributed by atoms with Crippen LogP contribution in [0.2, 0.25) is 5.02 Å². The zero-order valence-corrected chi connectivity index (χ0v) is 11.0. The summed E-state index contributed by atoms with van der Waals surface area (Å²) in [5.74, 6) is 0. The molecule has 0 saturated carbocycles. The molecular formula is C13H18ClN2+. The van der Waals surface area contributed by atoms with E-state index in [1.54, 1.807) is 0 Å². The van der Waals surface area contributed by atoms with Gasteiger partial charge in [-0.15, -0.1) is 0 Å². The lowest BCUT2D eigenvalue weighted by atomic mass is 10.1. The third-order valence-corrected chi connectivity index (χ3v) is 2.40. The van der Waals surface area contributed by atoms with E-state index in [4.69, 9.17) is 11.6 Å². The molecule has 0 atom stereocenters. The summed E-state index contributed by atoms with van der Waals surface area (Å²) in [6, 6.07) is 7.86. The second-order valence-corrected chi connectivity index (χ2v) is 4.50. The van der Waals surface area contributed by atoms with E-state index in [1.165, 1.54) is 0 Å². The van der Waals surface area contributed by atoms with Gasteiger partial charge in [0.2, 0.25) is 0 Å². The maximum absolute atomic E-state index is 5.87. The lowest BCUT2D eigenvalue weighted by Crippen LogP contribution is -2.11. The van der Waals surface area contributed by atoms with Crippen molar-refractivity contribution in [3.63, 3.8) is 0 Å². The Kier molecular flexibility index (Phi) is 4.56. The molecule has 0 aliphatic carbocycles. The van der Waals surface area contributed by atoms with Gasteiger partial charge in [-0.2, -0.15) is 0 Å². The minimum atomic E-state index is 0.762. The van der Waals surface area contributed by atoms with Gasteiger partial charge in [0.15, 0.2) is 6.21 Å². The van der Waals surface area contributed by atoms with Gasteiger partial charge in [-0.05, 0) is 17.7 Å². The second kappa shape index (κ2) is 5.71. The first kappa shape index (κ1) is 12.8. The first-order chi connectivity index (χ1) is 7.50. The van der Waals surface area contributed by atoms with Crippen LogP contribution in [0.5, 0.6) is 0 Å². The maximum Gasteiger partial charge on any atom is 0.164 e. The summed E-state index contributed by atoms with van der Waals surface area (Å²) in [6.45, 7) is 0. The lowest BCUT2D eigenvalue weighted by molar-refractivity contribution is -0.458. The van der Waals surface area contributed by atoms with E-state index in [2.05, 4.69) is 11.0 Å². The van der Waals surface area contributed by atoms with Crippen molar-refractivity contribution < 1.29 is 4.58 Å². The van der Waals surface area contributed by atoms with E-state index in [0.29, 0.717) is 0 Å². The van der Waals surface area contributed by atoms with Gasteiger partial charge in [-0.1, -0.05) is 23.7 Å². The van der Waals surface area contributed by atoms with Gasteiger partial charge in [-0.3, -0.25) is 0 Å². The van der Waals surface area contributed by atoms with Crippen LogP contribution in [0, 0.1) is 0 Å². The van der Waals surface area contributed by atoms with Crippen molar-refractivity contribution in [1.29, 1.82) is 0 Å². The first-order valence-corrected chi connectivity index (χ1v) is 5.53. The molecule has 0 N–H and O–H groups in total. The van der Waals surface area contributed by atoms with E-state index >= 15 is 0 Å². The van der Waals surface area contributed by atoms with Crippen LogP contribution in [0.4, 0.5) is 0 Å². The van der Waals surface area contributed by atoms with Gasteiger partial charge in [-0.25, -0.2) is 4.58 Å². The molecule has 0 unspecified atom stereocenters. The number of nitrogens with zero attached hydrogens (tertiary/aromatic N) is 2. The molecule has 1 aromatic rings. The number of benzene rings is 1. The zero-order valence-electron chi connectivity index (χ0n) is 10.2. The Morgan fingerprint density at radius 1 is 1.19 bits per heavy atom. The molecule has 0 fully saturated rings. The fourth-order valence-electron chi connectivity index (χ4n) is 1.34. The van der Waals surface area contributed by atoms with E-state index in [9.17, 15) is 0 Å². The van der Waals surface area contributed by atoms with Crippen LogP contribution in [-0.2, 0) is 0 Å². The normalized spacial score (nSPS) is 11.2. The Balaban J connectivity index is 3.08. The quantitative estimate of drug-likeness (QED) is 0.579. The number of allylic oxidation sites excluding steroid dienone is 1. The van der Waals surface area contributed by atoms with Gasteiger partial charge < -0.3 is 4.90 Å². The third-order valence-electron chi connectivity index (χ3n) is 2.15. The van der Waals surface area contributed by atoms with E-state index in [0.717, 1.165) is 16.3 Å². The smallest absolute Gasteiger partial charge is 0.164 e. The minimum absolute atomic E-state index is 0.762. The average Bonchev–Trinajstić information content (AvgIpc) is 2.20. The fourth-order valence-corrected chi connectivity index (χ4v) is 1.47. The number of hydrogen-bond acceptors (Lipinski definition) is 1. The van der Waals surface area contributed by atoms with E-state index < -0.39 is 0 Å². The molecule has 0 heterocycles. The molecular weight excluding hydrogens is 220 g/mol. The number of rotatable bonds is 3. The predicted molar refractivity (Wildman–Crippen MR) is 71.3 cm³/mol. The van der Waals surface area contributed by atoms with Crippen LogP contribution < -0.4 is 0 Å². The van der Waals surface area contributed by atoms with Crippen LogP contribution in [0.3, 0.4) is 0 Å². The summed E-state index contributed by atoms with van der Waals surface area (Å²) < 4.78 is 2.01. The predicted octanol–water partition coefficient (Wildman–Crippen LogP) is 2.59. The highest BCUT2D eigenvalue weighted by atomic mass is 35.5. The van der Waals surface area contributed by atoms with Crippen molar-refractivity contribution in [3.8, 4) is 0 Å². The molecule has 16 heavy (non-hydrogen) atoms. The van der Waals surface area contributed by atoms with Crippen LogP contribution in [0.1, 0.15) is 5.56 Å². The van der Waals surface area contributed by atoms with Crippen molar-refractivity contribution in [2.75, 3.05) is 28.2 Å². The molecule has 0 bridgehead atoms. The first-order valence-electron chi connectivity index (χ1n) is 5.15. The van der Waals surface area contributed by atoms with Crippen LogP contribution in [-0.4, -0.2) is 43.9 Å². The van der Waals surface area contributed by atoms with Crippen molar-refractivity contribution >= 4 is 23.5 Å². The molecule has 0 amide bonds. The zero-order chi connectivity index (χ0) is 12.1. The summed E-state index contributed by atoms with van der Waals surface area (Å²) in [4.78, 5) is 2.09. The number of halogens is 1. The van der Waals surface area contributed by atoms with Crippen molar-refractivity contribution in [2.24, 2.45) is 0 Å². The molecule has 86 valence electrons. The molecule has 0 aliphatic rings. The Morgan fingerprint density at radius 3 is 2.19 bits per heavy atom. The summed E-state index contributed by atoms with van der Waals surface area (Å²) in [6.07, 6.45) is 4.12. The number of hydrogen-bond donors (Lipinski definition) is 0. The SMILES string of the molecule is CN(C)/C(=C/C=[N+](C)C)c1ccc(Cl)cc1. The fraction of sp³-hybridized carbons (Fsp3) is 0.308. The summed E-state index contributed by atoms with van der Waals surface area (Å²) in [5, 5.41) is 0.762. The molecule has 1 rings (SSSR count). The monoisotopic (exact) mass is 237 g/mol. The highest BCUT2D eigenvalue weighted by Crippen LogP contribution is 2.18. The van der Waals surface area contributed by atoms with Gasteiger partial charge in [0, 0.05) is 30.9 Å². The summed E-state index contributed by atoms with van der Waals surface area (Å²) in [7, 11) is 8.07. The van der Waals surface area contributed by atoms with E-state index in [-0.39, 0.29) is 0 Å². The van der Waals surface area contributed by atoms with Gasteiger partial charge in [0.05, 0.1) is 0 Å². The van der Waals surface area contributed by atoms with Crippen molar-refractivity contribution in [2.45, 2.75) is 0 Å². The highest BCUT2D eigenvalue weighted by molar-refractivity contribution is 6.30. The molecule has 2 nitrogen and oxygen atoms in total. The Bertz CT molecular complexity index is 398. The van der Waals surface area contributed by atoms with Crippen LogP contribution in [0.15, 0.2) is 30.3 Å². The van der Waals surface area contributed by atoms with Crippen LogP contribution >= 0.6 is 11.6 Å². The van der Waals surface area contributed by atoms with Gasteiger partial charge in [0.25, 0.3) is 0 Å². The average molecular weight is 238 g/mol. The highest BCUT2D eigenvalue weighted by Gasteiger charge is 2.03. The largest absolute Gasteiger partial charge is 0.377 e. The molecule has 0 radical (unpaired) electrons. The van der Waals surface area contributed by atoms with Crippen LogP contribution in [0.25, 0.3) is 5.70 Å². The molecule has 0 spiro atoms. The Morgan fingerprint density at radius 2 is 1.75 bits per heavy atom. The van der Waals surface area contributed by atoms with E-state index in [1.807, 2.05) is 63.2 Å². The van der Waals surface area contributed by atoms with Crippen molar-refractivity contribution in [1.82, 2.24) is 4.90 Å². The molecule has 0 saturated heterocycles.